The summed E-state index contributed by atoms with van der Waals surface area (Å²) in [6.07, 6.45) is 2.14. The third-order valence-electron chi connectivity index (χ3n) is 4.74. The van der Waals surface area contributed by atoms with E-state index in [0.717, 1.165) is 24.3 Å². The first kappa shape index (κ1) is 13.6. The number of aromatic nitrogens is 2. The Labute approximate surface area is 120 Å². The lowest BCUT2D eigenvalue weighted by Crippen LogP contribution is -2.40. The number of rotatable bonds is 5. The van der Waals surface area contributed by atoms with Crippen LogP contribution in [0.1, 0.15) is 33.0 Å². The fraction of sp³-hybridized carbons (Fsp3) is 0.562. The number of para-hydroxylation sites is 2. The molecule has 0 spiro atoms. The molecule has 4 nitrogen and oxygen atoms in total. The van der Waals surface area contributed by atoms with Gasteiger partial charge >= 0.3 is 0 Å². The molecule has 1 fully saturated rings. The summed E-state index contributed by atoms with van der Waals surface area (Å²) in [5.41, 5.74) is 5.72. The summed E-state index contributed by atoms with van der Waals surface area (Å²) < 4.78 is 2.30. The van der Waals surface area contributed by atoms with Gasteiger partial charge in [-0.2, -0.15) is 0 Å². The van der Waals surface area contributed by atoms with Crippen LogP contribution in [0.4, 0.5) is 0 Å². The lowest BCUT2D eigenvalue weighted by molar-refractivity contribution is 0.399. The van der Waals surface area contributed by atoms with Crippen molar-refractivity contribution in [3.8, 4) is 0 Å². The highest BCUT2D eigenvalue weighted by molar-refractivity contribution is 5.75. The topological polar surface area (TPSA) is 55.9 Å². The van der Waals surface area contributed by atoms with Gasteiger partial charge in [-0.3, -0.25) is 11.3 Å². The van der Waals surface area contributed by atoms with Crippen LogP contribution >= 0.6 is 0 Å². The maximum atomic E-state index is 5.78. The third kappa shape index (κ3) is 2.23. The largest absolute Gasteiger partial charge is 0.328 e. The molecule has 1 aromatic heterocycles. The van der Waals surface area contributed by atoms with Crippen LogP contribution in [-0.2, 0) is 13.0 Å². The van der Waals surface area contributed by atoms with Gasteiger partial charge < -0.3 is 4.57 Å². The highest BCUT2D eigenvalue weighted by Gasteiger charge is 2.50. The highest BCUT2D eigenvalue weighted by Crippen LogP contribution is 2.53. The minimum atomic E-state index is 0.312. The molecule has 0 radical (unpaired) electrons. The van der Waals surface area contributed by atoms with Crippen molar-refractivity contribution in [1.29, 1.82) is 0 Å². The Bertz CT molecular complexity index is 614. The van der Waals surface area contributed by atoms with Crippen molar-refractivity contribution in [1.82, 2.24) is 15.0 Å². The fourth-order valence-electron chi connectivity index (χ4n) is 3.34. The van der Waals surface area contributed by atoms with Crippen LogP contribution in [0, 0.1) is 11.3 Å². The maximum absolute atomic E-state index is 5.78. The second-order valence-electron chi connectivity index (χ2n) is 6.54. The lowest BCUT2D eigenvalue weighted by atomic mass is 10.0. The number of hydrogen-bond donors (Lipinski definition) is 2. The highest BCUT2D eigenvalue weighted by atomic mass is 15.2. The lowest BCUT2D eigenvalue weighted by Gasteiger charge is -2.18. The summed E-state index contributed by atoms with van der Waals surface area (Å²) in [7, 11) is 0. The van der Waals surface area contributed by atoms with Gasteiger partial charge in [0.15, 0.2) is 0 Å². The molecule has 0 amide bonds. The van der Waals surface area contributed by atoms with Crippen LogP contribution in [-0.4, -0.2) is 15.6 Å². The predicted molar refractivity (Wildman–Crippen MR) is 82.1 cm³/mol. The van der Waals surface area contributed by atoms with Crippen LogP contribution in [0.2, 0.25) is 0 Å². The monoisotopic (exact) mass is 272 g/mol. The van der Waals surface area contributed by atoms with Crippen molar-refractivity contribution in [2.45, 2.75) is 46.2 Å². The number of hydrogen-bond acceptors (Lipinski definition) is 3. The van der Waals surface area contributed by atoms with E-state index in [2.05, 4.69) is 49.0 Å². The number of benzene rings is 1. The zero-order valence-corrected chi connectivity index (χ0v) is 12.6. The van der Waals surface area contributed by atoms with Crippen LogP contribution < -0.4 is 11.3 Å². The summed E-state index contributed by atoms with van der Waals surface area (Å²) in [5, 5.41) is 0. The van der Waals surface area contributed by atoms with E-state index in [-0.39, 0.29) is 0 Å². The summed E-state index contributed by atoms with van der Waals surface area (Å²) >= 11 is 0. The van der Waals surface area contributed by atoms with E-state index in [1.54, 1.807) is 0 Å². The summed E-state index contributed by atoms with van der Waals surface area (Å²) in [6, 6.07) is 8.65. The molecule has 0 bridgehead atoms. The van der Waals surface area contributed by atoms with Gasteiger partial charge in [0.2, 0.25) is 0 Å². The van der Waals surface area contributed by atoms with Crippen LogP contribution in [0.3, 0.4) is 0 Å². The van der Waals surface area contributed by atoms with Gasteiger partial charge in [0.25, 0.3) is 0 Å². The minimum Gasteiger partial charge on any atom is -0.328 e. The molecular weight excluding hydrogens is 248 g/mol. The van der Waals surface area contributed by atoms with Crippen molar-refractivity contribution in [3.63, 3.8) is 0 Å². The number of aryl methyl sites for hydroxylation is 1. The van der Waals surface area contributed by atoms with Crippen molar-refractivity contribution in [2.24, 2.45) is 17.2 Å². The van der Waals surface area contributed by atoms with Gasteiger partial charge in [-0.1, -0.05) is 26.0 Å². The first-order chi connectivity index (χ1) is 9.56. The molecule has 2 aromatic rings. The number of imidazole rings is 1. The van der Waals surface area contributed by atoms with Crippen molar-refractivity contribution < 1.29 is 0 Å². The SMILES string of the molecule is CCn1c(CC(NN)C2CC2(C)C)nc2ccccc21. The van der Waals surface area contributed by atoms with Gasteiger partial charge in [-0.15, -0.1) is 0 Å². The maximum Gasteiger partial charge on any atom is 0.111 e. The third-order valence-corrected chi connectivity index (χ3v) is 4.74. The van der Waals surface area contributed by atoms with Crippen molar-refractivity contribution in [2.75, 3.05) is 0 Å². The summed E-state index contributed by atoms with van der Waals surface area (Å²) in [5.74, 6) is 7.57. The number of hydrazine groups is 1. The van der Waals surface area contributed by atoms with Crippen molar-refractivity contribution in [3.05, 3.63) is 30.1 Å². The van der Waals surface area contributed by atoms with Gasteiger partial charge in [0.05, 0.1) is 11.0 Å². The molecular formula is C16H24N4. The van der Waals surface area contributed by atoms with E-state index in [0.29, 0.717) is 17.4 Å². The Hall–Kier alpha value is -1.39. The molecule has 3 rings (SSSR count). The van der Waals surface area contributed by atoms with E-state index in [9.17, 15) is 0 Å². The molecule has 108 valence electrons. The quantitative estimate of drug-likeness (QED) is 0.649. The van der Waals surface area contributed by atoms with Crippen molar-refractivity contribution >= 4 is 11.0 Å². The second-order valence-corrected chi connectivity index (χ2v) is 6.54. The Kier molecular flexibility index (Phi) is 3.30. The Balaban J connectivity index is 1.90. The molecule has 1 saturated carbocycles. The molecule has 3 N–H and O–H groups in total. The number of nitrogens with one attached hydrogen (secondary N) is 1. The van der Waals surface area contributed by atoms with Gasteiger partial charge in [0, 0.05) is 19.0 Å². The smallest absolute Gasteiger partial charge is 0.111 e. The number of fused-ring (bicyclic) bond motifs is 1. The number of nitrogens with two attached hydrogens (primary N) is 1. The first-order valence-corrected chi connectivity index (χ1v) is 7.47. The first-order valence-electron chi connectivity index (χ1n) is 7.47. The van der Waals surface area contributed by atoms with E-state index in [1.807, 2.05) is 6.07 Å². The van der Waals surface area contributed by atoms with E-state index in [4.69, 9.17) is 10.8 Å². The molecule has 0 saturated heterocycles. The van der Waals surface area contributed by atoms with Crippen LogP contribution in [0.15, 0.2) is 24.3 Å². The molecule has 0 aliphatic heterocycles. The Morgan fingerprint density at radius 2 is 2.15 bits per heavy atom. The molecule has 1 aliphatic carbocycles. The second kappa shape index (κ2) is 4.86. The molecule has 1 aromatic carbocycles. The molecule has 2 unspecified atom stereocenters. The van der Waals surface area contributed by atoms with Gasteiger partial charge in [0.1, 0.15) is 5.82 Å². The zero-order chi connectivity index (χ0) is 14.3. The molecule has 20 heavy (non-hydrogen) atoms. The van der Waals surface area contributed by atoms with Crippen LogP contribution in [0.5, 0.6) is 0 Å². The molecule has 1 heterocycles. The fourth-order valence-corrected chi connectivity index (χ4v) is 3.34. The van der Waals surface area contributed by atoms with Gasteiger partial charge in [-0.25, -0.2) is 4.98 Å². The Morgan fingerprint density at radius 3 is 2.75 bits per heavy atom. The molecule has 2 atom stereocenters. The average molecular weight is 272 g/mol. The standard InChI is InChI=1S/C16H24N4/c1-4-20-14-8-6-5-7-12(14)18-15(20)9-13(19-17)11-10-16(11,2)3/h5-8,11,13,19H,4,9-10,17H2,1-3H3. The normalized spacial score (nSPS) is 22.1. The minimum absolute atomic E-state index is 0.312. The van der Waals surface area contributed by atoms with Crippen LogP contribution in [0.25, 0.3) is 11.0 Å². The van der Waals surface area contributed by atoms with E-state index < -0.39 is 0 Å². The number of nitrogens with zero attached hydrogens (tertiary/aromatic N) is 2. The Morgan fingerprint density at radius 1 is 1.45 bits per heavy atom. The van der Waals surface area contributed by atoms with E-state index >= 15 is 0 Å². The van der Waals surface area contributed by atoms with E-state index in [1.165, 1.54) is 11.9 Å². The zero-order valence-electron chi connectivity index (χ0n) is 12.6. The molecule has 4 heteroatoms. The van der Waals surface area contributed by atoms with Gasteiger partial charge in [-0.05, 0) is 36.8 Å². The summed E-state index contributed by atoms with van der Waals surface area (Å²) in [6.45, 7) is 7.74. The average Bonchev–Trinajstić information content (AvgIpc) is 2.93. The molecule has 1 aliphatic rings. The summed E-state index contributed by atoms with van der Waals surface area (Å²) in [4.78, 5) is 4.80. The predicted octanol–water partition coefficient (Wildman–Crippen LogP) is 2.48.